The molecule has 0 N–H and O–H groups in total. The van der Waals surface area contributed by atoms with Crippen molar-refractivity contribution in [3.63, 3.8) is 0 Å². The Hall–Kier alpha value is -6.62. The average Bonchev–Trinajstić information content (AvgIpc) is 2.98. The molecule has 4 amide bonds. The van der Waals surface area contributed by atoms with Crippen LogP contribution in [0.3, 0.4) is 0 Å². The van der Waals surface area contributed by atoms with Gasteiger partial charge in [0, 0.05) is 33.0 Å². The number of imide groups is 2. The molecule has 0 saturated heterocycles. The maximum Gasteiger partial charge on any atom is 0.266 e. The smallest absolute Gasteiger partial charge is 0.266 e. The Labute approximate surface area is 225 Å². The fourth-order valence-corrected chi connectivity index (χ4v) is 5.09. The minimum absolute atomic E-state index is 0.00118. The summed E-state index contributed by atoms with van der Waals surface area (Å²) < 4.78 is 0. The van der Waals surface area contributed by atoms with Gasteiger partial charge in [-0.25, -0.2) is 9.80 Å². The first kappa shape index (κ1) is 23.8. The molecular weight excluding hydrogens is 508 g/mol. The van der Waals surface area contributed by atoms with Crippen LogP contribution in [0.25, 0.3) is 10.8 Å². The number of benzene rings is 4. The fraction of sp³-hybridized carbons (Fsp3) is 0. The second-order valence-corrected chi connectivity index (χ2v) is 8.87. The maximum absolute atomic E-state index is 13.6. The first-order chi connectivity index (χ1) is 19.3. The van der Waals surface area contributed by atoms with E-state index < -0.39 is 23.6 Å². The van der Waals surface area contributed by atoms with E-state index in [4.69, 9.17) is 10.5 Å². The van der Waals surface area contributed by atoms with Crippen molar-refractivity contribution >= 4 is 45.8 Å². The molecule has 10 nitrogen and oxygen atoms in total. The van der Waals surface area contributed by atoms with Gasteiger partial charge in [-0.15, -0.1) is 0 Å². The van der Waals surface area contributed by atoms with Crippen LogP contribution < -0.4 is 9.80 Å². The number of nitrogens with zero attached hydrogens (tertiary/aromatic N) is 6. The van der Waals surface area contributed by atoms with Gasteiger partial charge in [-0.2, -0.15) is 21.0 Å². The Bertz CT molecular complexity index is 1880. The molecule has 0 aliphatic carbocycles. The van der Waals surface area contributed by atoms with Crippen LogP contribution in [0.2, 0.25) is 0 Å². The van der Waals surface area contributed by atoms with E-state index in [1.54, 1.807) is 0 Å². The van der Waals surface area contributed by atoms with Crippen molar-refractivity contribution in [2.75, 3.05) is 9.80 Å². The molecule has 2 aliphatic rings. The minimum Gasteiger partial charge on any atom is -0.268 e. The van der Waals surface area contributed by atoms with Crippen molar-refractivity contribution in [2.45, 2.75) is 0 Å². The third-order valence-corrected chi connectivity index (χ3v) is 6.87. The second kappa shape index (κ2) is 8.46. The molecule has 0 fully saturated rings. The summed E-state index contributed by atoms with van der Waals surface area (Å²) in [7, 11) is 0. The summed E-state index contributed by atoms with van der Waals surface area (Å²) in [6, 6.07) is 21.1. The number of carbonyl (C=O) groups excluding carboxylic acids is 4. The van der Waals surface area contributed by atoms with Gasteiger partial charge in [0.05, 0.1) is 45.8 Å². The van der Waals surface area contributed by atoms with Crippen LogP contribution in [0.5, 0.6) is 0 Å². The Balaban J connectivity index is 1.54. The van der Waals surface area contributed by atoms with E-state index in [1.807, 2.05) is 24.3 Å². The summed E-state index contributed by atoms with van der Waals surface area (Å²) >= 11 is 0. The third kappa shape index (κ3) is 3.05. The van der Waals surface area contributed by atoms with Gasteiger partial charge in [-0.3, -0.25) is 19.2 Å². The second-order valence-electron chi connectivity index (χ2n) is 8.87. The topological polar surface area (TPSA) is 170 Å². The summed E-state index contributed by atoms with van der Waals surface area (Å²) in [5.74, 6) is -3.04. The number of hydrogen-bond acceptors (Lipinski definition) is 8. The molecule has 4 aromatic carbocycles. The lowest BCUT2D eigenvalue weighted by Gasteiger charge is -2.32. The van der Waals surface area contributed by atoms with Gasteiger partial charge in [-0.1, -0.05) is 0 Å². The van der Waals surface area contributed by atoms with Crippen LogP contribution in [-0.4, -0.2) is 23.6 Å². The van der Waals surface area contributed by atoms with Gasteiger partial charge in [0.15, 0.2) is 0 Å². The predicted molar refractivity (Wildman–Crippen MR) is 138 cm³/mol. The van der Waals surface area contributed by atoms with Crippen molar-refractivity contribution in [2.24, 2.45) is 0 Å². The van der Waals surface area contributed by atoms with E-state index in [-0.39, 0.29) is 66.7 Å². The Morgan fingerprint density at radius 3 is 1.05 bits per heavy atom. The van der Waals surface area contributed by atoms with Crippen molar-refractivity contribution < 1.29 is 19.2 Å². The molecule has 0 unspecified atom stereocenters. The molecule has 0 atom stereocenters. The van der Waals surface area contributed by atoms with Crippen LogP contribution in [-0.2, 0) is 0 Å². The maximum atomic E-state index is 13.6. The lowest BCUT2D eigenvalue weighted by molar-refractivity contribution is 0.0873. The molecule has 6 rings (SSSR count). The van der Waals surface area contributed by atoms with E-state index in [0.29, 0.717) is 0 Å². The molecule has 10 heteroatoms. The Morgan fingerprint density at radius 2 is 0.775 bits per heavy atom. The van der Waals surface area contributed by atoms with E-state index in [0.717, 1.165) is 9.80 Å². The van der Waals surface area contributed by atoms with Crippen molar-refractivity contribution in [3.05, 3.63) is 105 Å². The largest absolute Gasteiger partial charge is 0.268 e. The number of carbonyl (C=O) groups is 4. The van der Waals surface area contributed by atoms with Crippen LogP contribution in [0, 0.1) is 45.3 Å². The highest BCUT2D eigenvalue weighted by atomic mass is 16.2. The molecule has 0 spiro atoms. The van der Waals surface area contributed by atoms with Crippen LogP contribution >= 0.6 is 0 Å². The van der Waals surface area contributed by atoms with E-state index in [2.05, 4.69) is 0 Å². The van der Waals surface area contributed by atoms with E-state index in [9.17, 15) is 29.7 Å². The van der Waals surface area contributed by atoms with E-state index in [1.165, 1.54) is 60.7 Å². The summed E-state index contributed by atoms with van der Waals surface area (Å²) in [4.78, 5) is 56.3. The van der Waals surface area contributed by atoms with E-state index >= 15 is 0 Å². The summed E-state index contributed by atoms with van der Waals surface area (Å²) in [5, 5.41) is 37.8. The highest BCUT2D eigenvalue weighted by molar-refractivity contribution is 6.42. The monoisotopic (exact) mass is 518 g/mol. The molecule has 0 saturated carbocycles. The number of nitriles is 4. The summed E-state index contributed by atoms with van der Waals surface area (Å²) in [5.41, 5.74) is 0.457. The van der Waals surface area contributed by atoms with Crippen LogP contribution in [0.4, 0.5) is 11.4 Å². The quantitative estimate of drug-likeness (QED) is 0.359. The zero-order chi connectivity index (χ0) is 28.3. The van der Waals surface area contributed by atoms with Crippen LogP contribution in [0.1, 0.15) is 63.7 Å². The first-order valence-electron chi connectivity index (χ1n) is 11.6. The molecule has 2 aliphatic heterocycles. The normalized spacial score (nSPS) is 13.5. The average molecular weight is 518 g/mol. The molecular formula is C30H10N6O4. The zero-order valence-electron chi connectivity index (χ0n) is 20.1. The van der Waals surface area contributed by atoms with Gasteiger partial charge in [0.1, 0.15) is 12.1 Å². The highest BCUT2D eigenvalue weighted by Crippen LogP contribution is 2.41. The molecule has 40 heavy (non-hydrogen) atoms. The van der Waals surface area contributed by atoms with Gasteiger partial charge in [0.2, 0.25) is 0 Å². The van der Waals surface area contributed by atoms with Crippen molar-refractivity contribution in [1.29, 1.82) is 21.0 Å². The molecule has 184 valence electrons. The highest BCUT2D eigenvalue weighted by Gasteiger charge is 2.41. The van der Waals surface area contributed by atoms with Gasteiger partial charge in [-0.05, 0) is 60.7 Å². The summed E-state index contributed by atoms with van der Waals surface area (Å²) in [6.07, 6.45) is 0. The molecule has 0 aromatic heterocycles. The minimum atomic E-state index is -0.761. The lowest BCUT2D eigenvalue weighted by Crippen LogP contribution is -2.44. The van der Waals surface area contributed by atoms with Gasteiger partial charge in [0.25, 0.3) is 23.6 Å². The lowest BCUT2D eigenvalue weighted by atomic mass is 9.85. The SMILES string of the molecule is N#Cc1ccc(N2C(=O)c3ccc4c5c(ccc(c35)C2=O)C(=O)N(c2ccc(C#N)cc2C#N)C4=O)c(C#N)c1. The van der Waals surface area contributed by atoms with Crippen LogP contribution in [0.15, 0.2) is 60.7 Å². The third-order valence-electron chi connectivity index (χ3n) is 6.87. The predicted octanol–water partition coefficient (Wildman–Crippen LogP) is 3.93. The molecule has 4 aromatic rings. The van der Waals surface area contributed by atoms with Gasteiger partial charge >= 0.3 is 0 Å². The number of anilines is 2. The first-order valence-corrected chi connectivity index (χ1v) is 11.6. The zero-order valence-corrected chi connectivity index (χ0v) is 20.1. The Morgan fingerprint density at radius 1 is 0.450 bits per heavy atom. The summed E-state index contributed by atoms with van der Waals surface area (Å²) in [6.45, 7) is 0. The number of amides is 4. The molecule has 0 bridgehead atoms. The standard InChI is InChI=1S/C30H10N6O4/c31-11-15-1-7-23(17(9-15)13-33)35-27(37)19-3-5-21-26-22(6-4-20(25(19)26)28(35)38)30(40)36(29(21)39)24-8-2-16(12-32)10-18(24)14-34/h1-10H. The van der Waals surface area contributed by atoms with Crippen molar-refractivity contribution in [3.8, 4) is 24.3 Å². The molecule has 2 heterocycles. The van der Waals surface area contributed by atoms with Gasteiger partial charge < -0.3 is 0 Å². The number of hydrogen-bond donors (Lipinski definition) is 0. The molecule has 0 radical (unpaired) electrons. The Kier molecular flexibility index (Phi) is 5.03. The number of rotatable bonds is 2. The van der Waals surface area contributed by atoms with Crippen molar-refractivity contribution in [1.82, 2.24) is 0 Å². The fourth-order valence-electron chi connectivity index (χ4n) is 5.09.